The number of nitrogens with zero attached hydrogens (tertiary/aromatic N) is 3. The van der Waals surface area contributed by atoms with E-state index in [0.29, 0.717) is 45.5 Å². The lowest BCUT2D eigenvalue weighted by molar-refractivity contribution is -0.119. The van der Waals surface area contributed by atoms with Crippen molar-refractivity contribution in [3.05, 3.63) is 88.1 Å². The summed E-state index contributed by atoms with van der Waals surface area (Å²) in [6.07, 6.45) is 4.89. The summed E-state index contributed by atoms with van der Waals surface area (Å²) in [5.74, 6) is 0.464. The Bertz CT molecular complexity index is 1450. The predicted molar refractivity (Wildman–Crippen MR) is 132 cm³/mol. The van der Waals surface area contributed by atoms with Crippen LogP contribution in [0.3, 0.4) is 0 Å². The number of hydrogen-bond acceptors (Lipinski definition) is 6. The second kappa shape index (κ2) is 10.3. The molecule has 0 saturated heterocycles. The van der Waals surface area contributed by atoms with Crippen LogP contribution in [0.2, 0.25) is 5.02 Å². The third-order valence-corrected chi connectivity index (χ3v) is 5.75. The van der Waals surface area contributed by atoms with Gasteiger partial charge in [-0.15, -0.1) is 0 Å². The summed E-state index contributed by atoms with van der Waals surface area (Å²) < 4.78 is 12.1. The van der Waals surface area contributed by atoms with E-state index in [-0.39, 0.29) is 5.91 Å². The number of aromatic nitrogens is 2. The highest BCUT2D eigenvalue weighted by molar-refractivity contribution is 6.31. The maximum Gasteiger partial charge on any atom is 0.252 e. The van der Waals surface area contributed by atoms with Crippen LogP contribution in [0.4, 0.5) is 5.69 Å². The highest BCUT2D eigenvalue weighted by Crippen LogP contribution is 2.33. The highest BCUT2D eigenvalue weighted by Gasteiger charge is 2.23. The van der Waals surface area contributed by atoms with Crippen molar-refractivity contribution in [3.8, 4) is 34.4 Å². The molecule has 0 radical (unpaired) electrons. The highest BCUT2D eigenvalue weighted by atomic mass is 35.5. The maximum atomic E-state index is 13.1. The molecule has 0 aliphatic carbocycles. The first kappa shape index (κ1) is 23.8. The number of anilines is 1. The minimum Gasteiger partial charge on any atom is -0.495 e. The van der Waals surface area contributed by atoms with Gasteiger partial charge in [-0.2, -0.15) is 5.26 Å². The minimum atomic E-state index is -0.785. The number of hydrogen-bond donors (Lipinski definition) is 1. The van der Waals surface area contributed by atoms with Crippen LogP contribution in [0.1, 0.15) is 24.9 Å². The van der Waals surface area contributed by atoms with Gasteiger partial charge < -0.3 is 14.5 Å². The zero-order valence-electron chi connectivity index (χ0n) is 19.0. The molecule has 1 unspecified atom stereocenters. The quantitative estimate of drug-likeness (QED) is 0.378. The number of benzene rings is 2. The summed E-state index contributed by atoms with van der Waals surface area (Å²) in [4.78, 5) is 30.3. The molecule has 2 aromatic carbocycles. The van der Waals surface area contributed by atoms with Gasteiger partial charge in [0.05, 0.1) is 31.1 Å². The Labute approximate surface area is 206 Å². The summed E-state index contributed by atoms with van der Waals surface area (Å²) in [6, 6.07) is 14.5. The van der Waals surface area contributed by atoms with Gasteiger partial charge in [0, 0.05) is 33.5 Å². The molecular formula is C26H21ClN4O4. The Morgan fingerprint density at radius 2 is 2.00 bits per heavy atom. The molecule has 0 aliphatic rings. The number of nitriles is 1. The standard InChI is InChI=1S/C26H21ClN4O4/c1-3-22(25(33)30-19-8-5-16(6-9-19)26-29-10-11-35-26)31-15-23(34-2)21(13-24(31)32)20-12-18(27)7-4-17(20)14-28/h4-13,15,22H,3H2,1-2H3,(H,30,33). The van der Waals surface area contributed by atoms with Crippen LogP contribution in [0.5, 0.6) is 5.75 Å². The fourth-order valence-corrected chi connectivity index (χ4v) is 3.95. The molecule has 0 aliphatic heterocycles. The Balaban J connectivity index is 1.64. The van der Waals surface area contributed by atoms with E-state index in [0.717, 1.165) is 5.56 Å². The average molecular weight is 489 g/mol. The van der Waals surface area contributed by atoms with Crippen LogP contribution in [0.25, 0.3) is 22.6 Å². The molecule has 0 fully saturated rings. The molecule has 4 rings (SSSR count). The fourth-order valence-electron chi connectivity index (χ4n) is 3.78. The van der Waals surface area contributed by atoms with Crippen molar-refractivity contribution in [3.63, 3.8) is 0 Å². The van der Waals surface area contributed by atoms with Crippen LogP contribution >= 0.6 is 11.6 Å². The first-order valence-corrected chi connectivity index (χ1v) is 11.1. The lowest BCUT2D eigenvalue weighted by Crippen LogP contribution is -2.32. The summed E-state index contributed by atoms with van der Waals surface area (Å²) in [5.41, 5.74) is 2.18. The number of amides is 1. The van der Waals surface area contributed by atoms with Gasteiger partial charge in [0.1, 0.15) is 18.1 Å². The van der Waals surface area contributed by atoms with Gasteiger partial charge in [0.25, 0.3) is 5.56 Å². The van der Waals surface area contributed by atoms with Crippen molar-refractivity contribution in [2.75, 3.05) is 12.4 Å². The van der Waals surface area contributed by atoms with Gasteiger partial charge in [-0.3, -0.25) is 14.2 Å². The smallest absolute Gasteiger partial charge is 0.252 e. The van der Waals surface area contributed by atoms with Crippen LogP contribution in [-0.2, 0) is 4.79 Å². The SMILES string of the molecule is CCC(C(=O)Nc1ccc(-c2ncco2)cc1)n1cc(OC)c(-c2cc(Cl)ccc2C#N)cc1=O. The summed E-state index contributed by atoms with van der Waals surface area (Å²) in [6.45, 7) is 1.81. The second-order valence-corrected chi connectivity index (χ2v) is 8.07. The number of oxazole rings is 1. The monoisotopic (exact) mass is 488 g/mol. The van der Waals surface area contributed by atoms with Crippen molar-refractivity contribution in [2.45, 2.75) is 19.4 Å². The number of nitrogens with one attached hydrogen (secondary N) is 1. The van der Waals surface area contributed by atoms with Crippen molar-refractivity contribution in [2.24, 2.45) is 0 Å². The normalized spacial score (nSPS) is 11.5. The van der Waals surface area contributed by atoms with Gasteiger partial charge in [-0.05, 0) is 48.9 Å². The number of rotatable bonds is 7. The summed E-state index contributed by atoms with van der Waals surface area (Å²) >= 11 is 6.13. The second-order valence-electron chi connectivity index (χ2n) is 7.63. The van der Waals surface area contributed by atoms with Crippen molar-refractivity contribution in [1.29, 1.82) is 5.26 Å². The molecule has 0 bridgehead atoms. The molecule has 1 atom stereocenters. The Morgan fingerprint density at radius 3 is 2.63 bits per heavy atom. The van der Waals surface area contributed by atoms with Crippen LogP contribution < -0.4 is 15.6 Å². The van der Waals surface area contributed by atoms with E-state index in [9.17, 15) is 14.9 Å². The Morgan fingerprint density at radius 1 is 1.23 bits per heavy atom. The van der Waals surface area contributed by atoms with Crippen LogP contribution in [-0.4, -0.2) is 22.6 Å². The van der Waals surface area contributed by atoms with E-state index < -0.39 is 11.6 Å². The number of carbonyl (C=O) groups excluding carboxylic acids is 1. The topological polar surface area (TPSA) is 110 Å². The fraction of sp³-hybridized carbons (Fsp3) is 0.154. The summed E-state index contributed by atoms with van der Waals surface area (Å²) in [5, 5.41) is 12.8. The van der Waals surface area contributed by atoms with Crippen LogP contribution in [0, 0.1) is 11.3 Å². The zero-order valence-corrected chi connectivity index (χ0v) is 19.7. The van der Waals surface area contributed by atoms with Crippen molar-refractivity contribution >= 4 is 23.2 Å². The van der Waals surface area contributed by atoms with E-state index >= 15 is 0 Å². The van der Waals surface area contributed by atoms with E-state index in [4.69, 9.17) is 20.8 Å². The lowest BCUT2D eigenvalue weighted by atomic mass is 10.00. The molecular weight excluding hydrogens is 468 g/mol. The van der Waals surface area contributed by atoms with Gasteiger partial charge in [0.2, 0.25) is 11.8 Å². The van der Waals surface area contributed by atoms with E-state index in [1.807, 2.05) is 6.92 Å². The number of pyridine rings is 1. The third kappa shape index (κ3) is 4.95. The average Bonchev–Trinajstić information content (AvgIpc) is 3.40. The largest absolute Gasteiger partial charge is 0.495 e. The molecule has 4 aromatic rings. The molecule has 9 heteroatoms. The summed E-state index contributed by atoms with van der Waals surface area (Å²) in [7, 11) is 1.46. The zero-order chi connectivity index (χ0) is 24.9. The minimum absolute atomic E-state index is 0.338. The molecule has 8 nitrogen and oxygen atoms in total. The molecule has 2 aromatic heterocycles. The Kier molecular flexibility index (Phi) is 6.99. The molecule has 1 amide bonds. The lowest BCUT2D eigenvalue weighted by Gasteiger charge is -2.20. The Hall–Kier alpha value is -4.35. The van der Waals surface area contributed by atoms with Gasteiger partial charge in [-0.25, -0.2) is 4.98 Å². The predicted octanol–water partition coefficient (Wildman–Crippen LogP) is 5.29. The van der Waals surface area contributed by atoms with E-state index in [1.165, 1.54) is 30.2 Å². The van der Waals surface area contributed by atoms with Crippen LogP contribution in [0.15, 0.2) is 76.4 Å². The molecule has 0 spiro atoms. The van der Waals surface area contributed by atoms with E-state index in [1.54, 1.807) is 48.7 Å². The maximum absolute atomic E-state index is 13.1. The molecule has 2 heterocycles. The number of carbonyl (C=O) groups is 1. The molecule has 176 valence electrons. The van der Waals surface area contributed by atoms with Gasteiger partial charge in [0.15, 0.2) is 0 Å². The first-order chi connectivity index (χ1) is 16.9. The van der Waals surface area contributed by atoms with Gasteiger partial charge >= 0.3 is 0 Å². The van der Waals surface area contributed by atoms with Crippen molar-refractivity contribution in [1.82, 2.24) is 9.55 Å². The van der Waals surface area contributed by atoms with Gasteiger partial charge in [-0.1, -0.05) is 18.5 Å². The third-order valence-electron chi connectivity index (χ3n) is 5.51. The van der Waals surface area contributed by atoms with E-state index in [2.05, 4.69) is 16.4 Å². The number of methoxy groups -OCH3 is 1. The molecule has 1 N–H and O–H groups in total. The van der Waals surface area contributed by atoms with Crippen molar-refractivity contribution < 1.29 is 13.9 Å². The molecule has 0 saturated carbocycles. The molecule has 35 heavy (non-hydrogen) atoms. The number of ether oxygens (including phenoxy) is 1. The first-order valence-electron chi connectivity index (χ1n) is 10.8. The number of halogens is 1.